The second-order valence-corrected chi connectivity index (χ2v) is 9.53. The summed E-state index contributed by atoms with van der Waals surface area (Å²) in [5, 5.41) is 0.843. The smallest absolute Gasteiger partial charge is 0.344 e. The zero-order valence-corrected chi connectivity index (χ0v) is 20.8. The molecule has 3 atom stereocenters. The minimum atomic E-state index is -0.410. The van der Waals surface area contributed by atoms with Crippen LogP contribution in [0.1, 0.15) is 57.1 Å². The first-order chi connectivity index (χ1) is 16.9. The van der Waals surface area contributed by atoms with Crippen molar-refractivity contribution in [3.05, 3.63) is 76.7 Å². The maximum absolute atomic E-state index is 12.9. The van der Waals surface area contributed by atoms with Gasteiger partial charge in [0.15, 0.2) is 0 Å². The van der Waals surface area contributed by atoms with E-state index in [1.807, 2.05) is 38.1 Å². The van der Waals surface area contributed by atoms with Gasteiger partial charge in [0.05, 0.1) is 5.56 Å². The standard InChI is InChI=1S/C30H34O5/c1-5-7-8-9-21-10-13-24(19(3)16-21)25-17-22-11-12-23(18-28(22)35-30(25)32)33-26-14-15-27(20(26)4)34-29(31)6-2/h6,10-13,16-18,20,26-27H,2,5,7-9,14-15H2,1,3-4H3. The van der Waals surface area contributed by atoms with Crippen LogP contribution in [0.25, 0.3) is 22.1 Å². The maximum Gasteiger partial charge on any atom is 0.344 e. The molecule has 0 radical (unpaired) electrons. The van der Waals surface area contributed by atoms with Gasteiger partial charge in [-0.15, -0.1) is 0 Å². The van der Waals surface area contributed by atoms with E-state index in [1.54, 1.807) is 6.07 Å². The number of aryl methyl sites for hydroxylation is 2. The predicted molar refractivity (Wildman–Crippen MR) is 139 cm³/mol. The monoisotopic (exact) mass is 474 g/mol. The first-order valence-corrected chi connectivity index (χ1v) is 12.6. The largest absolute Gasteiger partial charge is 0.490 e. The summed E-state index contributed by atoms with van der Waals surface area (Å²) in [7, 11) is 0. The Morgan fingerprint density at radius 1 is 1.09 bits per heavy atom. The molecule has 2 aromatic carbocycles. The molecular formula is C30H34O5. The summed E-state index contributed by atoms with van der Waals surface area (Å²) in [6.45, 7) is 9.72. The Kier molecular flexibility index (Phi) is 7.74. The summed E-state index contributed by atoms with van der Waals surface area (Å²) in [5.41, 5.74) is 3.98. The van der Waals surface area contributed by atoms with Gasteiger partial charge < -0.3 is 13.9 Å². The minimum absolute atomic E-state index is 0.0527. The topological polar surface area (TPSA) is 65.7 Å². The fraction of sp³-hybridized carbons (Fsp3) is 0.400. The summed E-state index contributed by atoms with van der Waals surface area (Å²) < 4.78 is 17.3. The Morgan fingerprint density at radius 2 is 1.89 bits per heavy atom. The van der Waals surface area contributed by atoms with E-state index in [4.69, 9.17) is 13.9 Å². The number of esters is 1. The lowest BCUT2D eigenvalue weighted by Crippen LogP contribution is -2.27. The van der Waals surface area contributed by atoms with Crippen LogP contribution in [-0.2, 0) is 16.0 Å². The second-order valence-electron chi connectivity index (χ2n) is 9.53. The van der Waals surface area contributed by atoms with Gasteiger partial charge in [-0.1, -0.05) is 51.5 Å². The van der Waals surface area contributed by atoms with E-state index in [0.29, 0.717) is 16.9 Å². The Morgan fingerprint density at radius 3 is 2.63 bits per heavy atom. The third kappa shape index (κ3) is 5.67. The van der Waals surface area contributed by atoms with Gasteiger partial charge in [0, 0.05) is 23.4 Å². The summed E-state index contributed by atoms with van der Waals surface area (Å²) in [5.74, 6) is 0.276. The summed E-state index contributed by atoms with van der Waals surface area (Å²) in [6.07, 6.45) is 7.10. The van der Waals surface area contributed by atoms with Crippen molar-refractivity contribution in [2.24, 2.45) is 5.92 Å². The summed E-state index contributed by atoms with van der Waals surface area (Å²) in [6, 6.07) is 13.8. The van der Waals surface area contributed by atoms with Gasteiger partial charge in [-0.3, -0.25) is 0 Å². The molecule has 1 aliphatic rings. The number of unbranched alkanes of at least 4 members (excludes halogenated alkanes) is 2. The molecule has 35 heavy (non-hydrogen) atoms. The molecule has 0 aliphatic heterocycles. The molecule has 1 aromatic heterocycles. The van der Waals surface area contributed by atoms with Crippen LogP contribution in [0.4, 0.5) is 0 Å². The van der Waals surface area contributed by atoms with Gasteiger partial charge in [-0.25, -0.2) is 9.59 Å². The van der Waals surface area contributed by atoms with Crippen LogP contribution in [0.3, 0.4) is 0 Å². The Labute approximate surface area is 206 Å². The lowest BCUT2D eigenvalue weighted by molar-refractivity contribution is -0.144. The molecular weight excluding hydrogens is 440 g/mol. The lowest BCUT2D eigenvalue weighted by Gasteiger charge is -2.21. The fourth-order valence-corrected chi connectivity index (χ4v) is 4.91. The molecule has 0 N–H and O–H groups in total. The van der Waals surface area contributed by atoms with Crippen LogP contribution in [-0.4, -0.2) is 18.2 Å². The number of carbonyl (C=O) groups is 1. The van der Waals surface area contributed by atoms with Gasteiger partial charge in [0.25, 0.3) is 0 Å². The van der Waals surface area contributed by atoms with Crippen molar-refractivity contribution < 1.29 is 18.7 Å². The van der Waals surface area contributed by atoms with Crippen molar-refractivity contribution in [2.45, 2.75) is 71.5 Å². The zero-order chi connectivity index (χ0) is 24.9. The SMILES string of the molecule is C=CC(=O)OC1CCC(Oc2ccc3cc(-c4ccc(CCCCC)cc4C)c(=O)oc3c2)C1C. The number of benzene rings is 2. The van der Waals surface area contributed by atoms with Crippen LogP contribution < -0.4 is 10.4 Å². The number of hydrogen-bond donors (Lipinski definition) is 0. The molecule has 3 aromatic rings. The van der Waals surface area contributed by atoms with Crippen molar-refractivity contribution in [1.29, 1.82) is 0 Å². The highest BCUT2D eigenvalue weighted by Crippen LogP contribution is 2.33. The zero-order valence-electron chi connectivity index (χ0n) is 20.8. The molecule has 1 fully saturated rings. The molecule has 1 saturated carbocycles. The highest BCUT2D eigenvalue weighted by molar-refractivity contribution is 5.83. The van der Waals surface area contributed by atoms with Crippen LogP contribution in [0.15, 0.2) is 64.3 Å². The van der Waals surface area contributed by atoms with Crippen molar-refractivity contribution in [1.82, 2.24) is 0 Å². The molecule has 4 rings (SSSR count). The van der Waals surface area contributed by atoms with Crippen molar-refractivity contribution >= 4 is 16.9 Å². The van der Waals surface area contributed by atoms with E-state index in [2.05, 4.69) is 25.6 Å². The highest BCUT2D eigenvalue weighted by Gasteiger charge is 2.36. The number of rotatable bonds is 9. The van der Waals surface area contributed by atoms with Crippen molar-refractivity contribution in [3.63, 3.8) is 0 Å². The average Bonchev–Trinajstić information content (AvgIpc) is 3.17. The quantitative estimate of drug-likeness (QED) is 0.148. The molecule has 5 heteroatoms. The number of hydrogen-bond acceptors (Lipinski definition) is 5. The van der Waals surface area contributed by atoms with Gasteiger partial charge >= 0.3 is 11.6 Å². The van der Waals surface area contributed by atoms with Gasteiger partial charge in [-0.05, 0) is 67.5 Å². The molecule has 184 valence electrons. The molecule has 5 nitrogen and oxygen atoms in total. The third-order valence-corrected chi connectivity index (χ3v) is 6.99. The van der Waals surface area contributed by atoms with Gasteiger partial charge in [0.2, 0.25) is 0 Å². The van der Waals surface area contributed by atoms with E-state index in [-0.39, 0.29) is 23.8 Å². The van der Waals surface area contributed by atoms with Crippen molar-refractivity contribution in [3.8, 4) is 16.9 Å². The van der Waals surface area contributed by atoms with E-state index >= 15 is 0 Å². The lowest BCUT2D eigenvalue weighted by atomic mass is 9.97. The Bertz CT molecular complexity index is 1270. The third-order valence-electron chi connectivity index (χ3n) is 6.99. The highest BCUT2D eigenvalue weighted by atomic mass is 16.5. The number of fused-ring (bicyclic) bond motifs is 1. The molecule has 1 heterocycles. The van der Waals surface area contributed by atoms with Crippen LogP contribution in [0.2, 0.25) is 0 Å². The number of carbonyl (C=O) groups excluding carboxylic acids is 1. The minimum Gasteiger partial charge on any atom is -0.490 e. The first kappa shape index (κ1) is 24.8. The molecule has 0 saturated heterocycles. The van der Waals surface area contributed by atoms with Crippen LogP contribution >= 0.6 is 0 Å². The molecule has 1 aliphatic carbocycles. The average molecular weight is 475 g/mol. The summed E-state index contributed by atoms with van der Waals surface area (Å²) >= 11 is 0. The Balaban J connectivity index is 1.52. The number of ether oxygens (including phenoxy) is 2. The fourth-order valence-electron chi connectivity index (χ4n) is 4.91. The van der Waals surface area contributed by atoms with Crippen molar-refractivity contribution in [2.75, 3.05) is 0 Å². The normalized spacial score (nSPS) is 19.6. The van der Waals surface area contributed by atoms with Gasteiger partial charge in [0.1, 0.15) is 23.5 Å². The van der Waals surface area contributed by atoms with E-state index in [0.717, 1.165) is 35.8 Å². The van der Waals surface area contributed by atoms with E-state index in [9.17, 15) is 9.59 Å². The molecule has 3 unspecified atom stereocenters. The van der Waals surface area contributed by atoms with Crippen LogP contribution in [0.5, 0.6) is 5.75 Å². The predicted octanol–water partition coefficient (Wildman–Crippen LogP) is 6.78. The molecule has 0 bridgehead atoms. The van der Waals surface area contributed by atoms with E-state index in [1.165, 1.54) is 30.9 Å². The molecule has 0 spiro atoms. The first-order valence-electron chi connectivity index (χ1n) is 12.6. The molecule has 0 amide bonds. The second kappa shape index (κ2) is 10.9. The maximum atomic E-state index is 12.9. The summed E-state index contributed by atoms with van der Waals surface area (Å²) in [4.78, 5) is 24.5. The Hall–Kier alpha value is -3.34. The van der Waals surface area contributed by atoms with Gasteiger partial charge in [-0.2, -0.15) is 0 Å². The van der Waals surface area contributed by atoms with Crippen LogP contribution in [0, 0.1) is 12.8 Å². The van der Waals surface area contributed by atoms with E-state index < -0.39 is 5.97 Å².